The third-order valence-electron chi connectivity index (χ3n) is 4.71. The number of hydrogen-bond acceptors (Lipinski definition) is 4. The smallest absolute Gasteiger partial charge is 0.326 e. The van der Waals surface area contributed by atoms with Crippen molar-refractivity contribution >= 4 is 17.6 Å². The monoisotopic (exact) mass is 406 g/mol. The van der Waals surface area contributed by atoms with Gasteiger partial charge in [-0.25, -0.2) is 9.78 Å². The Morgan fingerprint density at radius 3 is 2.50 bits per heavy atom. The predicted octanol–water partition coefficient (Wildman–Crippen LogP) is 3.92. The summed E-state index contributed by atoms with van der Waals surface area (Å²) >= 11 is 0. The Labute approximate surface area is 175 Å². The summed E-state index contributed by atoms with van der Waals surface area (Å²) in [4.78, 5) is 32.0. The topological polar surface area (TPSA) is 107 Å². The quantitative estimate of drug-likeness (QED) is 0.431. The first kappa shape index (κ1) is 21.1. The van der Waals surface area contributed by atoms with E-state index >= 15 is 0 Å². The minimum atomic E-state index is -1.04. The lowest BCUT2D eigenvalue weighted by molar-refractivity contribution is -0.139. The highest BCUT2D eigenvalue weighted by atomic mass is 16.4. The summed E-state index contributed by atoms with van der Waals surface area (Å²) in [5.41, 5.74) is 3.52. The highest BCUT2D eigenvalue weighted by Gasteiger charge is 2.25. The van der Waals surface area contributed by atoms with Crippen LogP contribution in [0.2, 0.25) is 0 Å². The highest BCUT2D eigenvalue weighted by Crippen LogP contribution is 2.30. The Bertz CT molecular complexity index is 985. The minimum Gasteiger partial charge on any atom is -0.480 e. The van der Waals surface area contributed by atoms with Gasteiger partial charge in [-0.2, -0.15) is 0 Å². The zero-order chi connectivity index (χ0) is 21.5. The molecule has 3 rings (SSSR count). The van der Waals surface area contributed by atoms with Gasteiger partial charge < -0.3 is 20.7 Å². The van der Waals surface area contributed by atoms with E-state index < -0.39 is 17.9 Å². The molecule has 1 aromatic heterocycles. The van der Waals surface area contributed by atoms with Crippen LogP contribution < -0.4 is 10.6 Å². The Morgan fingerprint density at radius 1 is 1.10 bits per heavy atom. The van der Waals surface area contributed by atoms with Gasteiger partial charge in [0.2, 0.25) is 0 Å². The summed E-state index contributed by atoms with van der Waals surface area (Å²) in [6.07, 6.45) is 3.65. The first-order chi connectivity index (χ1) is 14.5. The number of rotatable bonds is 9. The molecule has 2 aromatic carbocycles. The number of anilines is 1. The van der Waals surface area contributed by atoms with Gasteiger partial charge in [-0.05, 0) is 29.5 Å². The number of carbonyl (C=O) groups is 2. The van der Waals surface area contributed by atoms with Gasteiger partial charge in [-0.3, -0.25) is 4.79 Å². The molecule has 0 radical (unpaired) electrons. The molecular weight excluding hydrogens is 380 g/mol. The maximum absolute atomic E-state index is 13.3. The van der Waals surface area contributed by atoms with Crippen LogP contribution in [-0.4, -0.2) is 33.0 Å². The summed E-state index contributed by atoms with van der Waals surface area (Å²) < 4.78 is 0. The molecule has 0 fully saturated rings. The standard InChI is InChI=1S/C23H26N4O3/c1-15(2)11-20(23(29)30)27-22(28)21-18(16-7-4-3-5-8-16)9-6-10-19(21)25-13-17-12-24-14-26-17/h3-10,12,14-15,20,25H,11,13H2,1-2H3,(H,24,26)(H,27,28)(H,29,30)/t20-/m0/s1. The van der Waals surface area contributed by atoms with Gasteiger partial charge in [0.1, 0.15) is 6.04 Å². The van der Waals surface area contributed by atoms with Crippen LogP contribution in [0.15, 0.2) is 61.1 Å². The second kappa shape index (κ2) is 9.73. The van der Waals surface area contributed by atoms with Crippen molar-refractivity contribution in [3.8, 4) is 11.1 Å². The molecule has 0 aliphatic carbocycles. The number of hydrogen-bond donors (Lipinski definition) is 4. The molecule has 0 saturated carbocycles. The third kappa shape index (κ3) is 5.26. The van der Waals surface area contributed by atoms with E-state index in [0.29, 0.717) is 24.2 Å². The van der Waals surface area contributed by atoms with Crippen molar-refractivity contribution in [3.05, 3.63) is 72.3 Å². The Hall–Kier alpha value is -3.61. The lowest BCUT2D eigenvalue weighted by Crippen LogP contribution is -2.42. The lowest BCUT2D eigenvalue weighted by atomic mass is 9.96. The summed E-state index contributed by atoms with van der Waals surface area (Å²) in [6, 6.07) is 14.2. The van der Waals surface area contributed by atoms with Gasteiger partial charge in [-0.1, -0.05) is 56.3 Å². The number of amides is 1. The summed E-state index contributed by atoms with van der Waals surface area (Å²) in [5, 5.41) is 15.5. The number of carboxylic acid groups (broad SMARTS) is 1. The van der Waals surface area contributed by atoms with Crippen LogP contribution >= 0.6 is 0 Å². The van der Waals surface area contributed by atoms with Gasteiger partial charge >= 0.3 is 5.97 Å². The molecule has 1 atom stereocenters. The Morgan fingerprint density at radius 2 is 1.87 bits per heavy atom. The zero-order valence-corrected chi connectivity index (χ0v) is 17.1. The second-order valence-corrected chi connectivity index (χ2v) is 7.52. The number of nitrogens with one attached hydrogen (secondary N) is 3. The van der Waals surface area contributed by atoms with E-state index in [0.717, 1.165) is 16.8 Å². The van der Waals surface area contributed by atoms with Crippen LogP contribution in [0, 0.1) is 5.92 Å². The van der Waals surface area contributed by atoms with Crippen molar-refractivity contribution < 1.29 is 14.7 Å². The minimum absolute atomic E-state index is 0.133. The van der Waals surface area contributed by atoms with Gasteiger partial charge in [0.25, 0.3) is 5.91 Å². The van der Waals surface area contributed by atoms with Crippen molar-refractivity contribution in [2.45, 2.75) is 32.9 Å². The van der Waals surface area contributed by atoms with Crippen LogP contribution in [0.3, 0.4) is 0 Å². The number of aromatic nitrogens is 2. The van der Waals surface area contributed by atoms with Gasteiger partial charge in [-0.15, -0.1) is 0 Å². The van der Waals surface area contributed by atoms with Crippen molar-refractivity contribution in [2.24, 2.45) is 5.92 Å². The molecule has 7 nitrogen and oxygen atoms in total. The van der Waals surface area contributed by atoms with E-state index in [4.69, 9.17) is 0 Å². The number of aliphatic carboxylic acids is 1. The number of H-pyrrole nitrogens is 1. The summed E-state index contributed by atoms with van der Waals surface area (Å²) in [6.45, 7) is 4.31. The molecule has 1 amide bonds. The normalized spacial score (nSPS) is 11.8. The molecule has 0 saturated heterocycles. The van der Waals surface area contributed by atoms with Gasteiger partial charge in [0.15, 0.2) is 0 Å². The van der Waals surface area contributed by atoms with E-state index in [1.54, 1.807) is 12.5 Å². The lowest BCUT2D eigenvalue weighted by Gasteiger charge is -2.20. The summed E-state index contributed by atoms with van der Waals surface area (Å²) in [5.74, 6) is -1.33. The van der Waals surface area contributed by atoms with Crippen LogP contribution in [-0.2, 0) is 11.3 Å². The Kier molecular flexibility index (Phi) is 6.85. The SMILES string of the molecule is CC(C)C[C@H](NC(=O)c1c(NCc2cnc[nH]2)cccc1-c1ccccc1)C(=O)O. The maximum Gasteiger partial charge on any atom is 0.326 e. The largest absolute Gasteiger partial charge is 0.480 e. The molecule has 0 bridgehead atoms. The molecule has 7 heteroatoms. The number of imidazole rings is 1. The Balaban J connectivity index is 1.97. The molecule has 0 spiro atoms. The fourth-order valence-electron chi connectivity index (χ4n) is 3.30. The molecular formula is C23H26N4O3. The number of nitrogens with zero attached hydrogens (tertiary/aromatic N) is 1. The molecule has 0 aliphatic heterocycles. The van der Waals surface area contributed by atoms with E-state index in [9.17, 15) is 14.7 Å². The van der Waals surface area contributed by atoms with E-state index in [-0.39, 0.29) is 5.92 Å². The first-order valence-corrected chi connectivity index (χ1v) is 9.89. The number of carboxylic acids is 1. The molecule has 3 aromatic rings. The predicted molar refractivity (Wildman–Crippen MR) is 116 cm³/mol. The molecule has 0 unspecified atom stereocenters. The number of benzene rings is 2. The van der Waals surface area contributed by atoms with Crippen molar-refractivity contribution in [3.63, 3.8) is 0 Å². The fourth-order valence-corrected chi connectivity index (χ4v) is 3.30. The van der Waals surface area contributed by atoms with Crippen LogP contribution in [0.25, 0.3) is 11.1 Å². The van der Waals surface area contributed by atoms with Gasteiger partial charge in [0.05, 0.1) is 24.1 Å². The number of aromatic amines is 1. The molecule has 156 valence electrons. The van der Waals surface area contributed by atoms with E-state index in [1.807, 2.05) is 62.4 Å². The molecule has 1 heterocycles. The molecule has 30 heavy (non-hydrogen) atoms. The highest BCUT2D eigenvalue weighted by molar-refractivity contribution is 6.07. The summed E-state index contributed by atoms with van der Waals surface area (Å²) in [7, 11) is 0. The van der Waals surface area contributed by atoms with Crippen LogP contribution in [0.5, 0.6) is 0 Å². The van der Waals surface area contributed by atoms with Gasteiger partial charge in [0, 0.05) is 11.9 Å². The zero-order valence-electron chi connectivity index (χ0n) is 17.1. The van der Waals surface area contributed by atoms with Crippen molar-refractivity contribution in [1.29, 1.82) is 0 Å². The van der Waals surface area contributed by atoms with E-state index in [1.165, 1.54) is 0 Å². The fraction of sp³-hybridized carbons (Fsp3) is 0.261. The van der Waals surface area contributed by atoms with Crippen LogP contribution in [0.4, 0.5) is 5.69 Å². The first-order valence-electron chi connectivity index (χ1n) is 9.89. The molecule has 4 N–H and O–H groups in total. The number of carbonyl (C=O) groups excluding carboxylic acids is 1. The van der Waals surface area contributed by atoms with Crippen molar-refractivity contribution in [2.75, 3.05) is 5.32 Å². The average Bonchev–Trinajstić information content (AvgIpc) is 3.25. The van der Waals surface area contributed by atoms with Crippen LogP contribution in [0.1, 0.15) is 36.3 Å². The molecule has 0 aliphatic rings. The second-order valence-electron chi connectivity index (χ2n) is 7.52. The van der Waals surface area contributed by atoms with E-state index in [2.05, 4.69) is 20.6 Å². The van der Waals surface area contributed by atoms with Crippen molar-refractivity contribution in [1.82, 2.24) is 15.3 Å². The third-order valence-corrected chi connectivity index (χ3v) is 4.71. The average molecular weight is 406 g/mol. The maximum atomic E-state index is 13.3.